The van der Waals surface area contributed by atoms with Crippen LogP contribution in [0, 0.1) is 5.82 Å². The molecule has 0 amide bonds. The number of aliphatic imine (C=N–C) groups is 2. The number of halogens is 2. The first kappa shape index (κ1) is 23.1. The minimum atomic E-state index is -0.478. The van der Waals surface area contributed by atoms with E-state index in [0.717, 1.165) is 16.5 Å². The number of nitrogens with zero attached hydrogens (tertiary/aromatic N) is 6. The third-order valence-corrected chi connectivity index (χ3v) is 6.61. The second-order valence-electron chi connectivity index (χ2n) is 8.92. The van der Waals surface area contributed by atoms with Crippen molar-refractivity contribution in [2.24, 2.45) is 17.0 Å². The number of hydrazine groups is 1. The number of aromatic nitrogens is 3. The minimum Gasteiger partial charge on any atom is -0.278 e. The highest BCUT2D eigenvalue weighted by Gasteiger charge is 2.34. The molecule has 0 fully saturated rings. The van der Waals surface area contributed by atoms with Gasteiger partial charge in [-0.3, -0.25) is 19.0 Å². The summed E-state index contributed by atoms with van der Waals surface area (Å²) in [6.07, 6.45) is 8.40. The van der Waals surface area contributed by atoms with Crippen molar-refractivity contribution in [1.29, 1.82) is 0 Å². The van der Waals surface area contributed by atoms with E-state index in [2.05, 4.69) is 15.5 Å². The fourth-order valence-electron chi connectivity index (χ4n) is 4.79. The lowest BCUT2D eigenvalue weighted by Crippen LogP contribution is -2.42. The van der Waals surface area contributed by atoms with E-state index in [4.69, 9.17) is 16.6 Å². The standard InChI is InChI=1S/C27H22ClFN7O/c1-16(32-22-13-24(28)33-35-10-9-30-26(22)35)23-11-17-5-3-8-21(18-14-31-34(2)15-18)25(17)27(37)36(23)20-7-4-6-19(29)12-20/h3-16,26,33H,1-2H3/q+1/t16-,26?/m0/s1. The lowest BCUT2D eigenvalue weighted by atomic mass is 9.99. The highest BCUT2D eigenvalue weighted by atomic mass is 35.5. The minimum absolute atomic E-state index is 0.266. The Kier molecular flexibility index (Phi) is 5.57. The van der Waals surface area contributed by atoms with Crippen molar-refractivity contribution >= 4 is 40.5 Å². The van der Waals surface area contributed by atoms with E-state index < -0.39 is 11.9 Å². The van der Waals surface area contributed by atoms with Gasteiger partial charge in [0.1, 0.15) is 11.5 Å². The predicted molar refractivity (Wildman–Crippen MR) is 143 cm³/mol. The Bertz CT molecular complexity index is 1750. The fourth-order valence-corrected chi connectivity index (χ4v) is 5.00. The smallest absolute Gasteiger partial charge is 0.278 e. The van der Waals surface area contributed by atoms with Crippen LogP contribution in [0.4, 0.5) is 4.39 Å². The molecule has 0 spiro atoms. The molecule has 0 aliphatic carbocycles. The summed E-state index contributed by atoms with van der Waals surface area (Å²) >= 11 is 6.28. The molecule has 1 N–H and O–H groups in total. The Balaban J connectivity index is 1.60. The van der Waals surface area contributed by atoms with Crippen molar-refractivity contribution in [2.45, 2.75) is 19.1 Å². The summed E-state index contributed by atoms with van der Waals surface area (Å²) in [4.78, 5) is 23.5. The van der Waals surface area contributed by atoms with Crippen LogP contribution in [0.25, 0.3) is 27.6 Å². The van der Waals surface area contributed by atoms with Gasteiger partial charge in [0.15, 0.2) is 5.16 Å². The molecule has 0 bridgehead atoms. The second kappa shape index (κ2) is 8.94. The van der Waals surface area contributed by atoms with Crippen molar-refractivity contribution < 1.29 is 9.07 Å². The van der Waals surface area contributed by atoms with Crippen LogP contribution in [0.1, 0.15) is 18.7 Å². The summed E-state index contributed by atoms with van der Waals surface area (Å²) in [5.74, 6) is -0.436. The Morgan fingerprint density at radius 2 is 2.05 bits per heavy atom. The maximum absolute atomic E-state index is 14.3. The van der Waals surface area contributed by atoms with Gasteiger partial charge in [-0.15, -0.1) is 0 Å². The van der Waals surface area contributed by atoms with Gasteiger partial charge in [-0.1, -0.05) is 40.6 Å². The first-order valence-corrected chi connectivity index (χ1v) is 12.1. The van der Waals surface area contributed by atoms with E-state index in [1.807, 2.05) is 44.4 Å². The van der Waals surface area contributed by atoms with Crippen LogP contribution in [0.15, 0.2) is 86.9 Å². The van der Waals surface area contributed by atoms with Gasteiger partial charge in [-0.05, 0) is 42.1 Å². The van der Waals surface area contributed by atoms with Crippen LogP contribution in [-0.4, -0.2) is 43.3 Å². The average Bonchev–Trinajstić information content (AvgIpc) is 3.52. The van der Waals surface area contributed by atoms with E-state index >= 15 is 0 Å². The van der Waals surface area contributed by atoms with E-state index in [0.29, 0.717) is 27.6 Å². The number of hydrogen-bond acceptors (Lipinski definition) is 5. The largest absolute Gasteiger partial charge is 0.316 e. The quantitative estimate of drug-likeness (QED) is 0.328. The fraction of sp³-hybridized carbons (Fsp3) is 0.148. The van der Waals surface area contributed by atoms with Gasteiger partial charge in [-0.2, -0.15) is 10.5 Å². The predicted octanol–water partition coefficient (Wildman–Crippen LogP) is 4.12. The maximum Gasteiger partial charge on any atom is 0.316 e. The summed E-state index contributed by atoms with van der Waals surface area (Å²) in [5.41, 5.74) is 6.00. The van der Waals surface area contributed by atoms with Crippen molar-refractivity contribution in [3.63, 3.8) is 0 Å². The van der Waals surface area contributed by atoms with Crippen LogP contribution < -0.4 is 11.0 Å². The molecule has 184 valence electrons. The molecule has 2 aromatic carbocycles. The molecule has 0 saturated carbocycles. The summed E-state index contributed by atoms with van der Waals surface area (Å²) in [5, 5.41) is 5.96. The van der Waals surface area contributed by atoms with Crippen molar-refractivity contribution in [3.8, 4) is 16.8 Å². The number of benzene rings is 2. The molecule has 2 aromatic heterocycles. The van der Waals surface area contributed by atoms with Gasteiger partial charge < -0.3 is 0 Å². The van der Waals surface area contributed by atoms with Crippen LogP contribution >= 0.6 is 11.6 Å². The SMILES string of the molecule is C[C@H](N=C1C=C(Cl)N[N+]2=CC=NC12)c1cc2cccc(-c3cnn(C)c3)c2c(=O)n1-c1cccc(F)c1. The summed E-state index contributed by atoms with van der Waals surface area (Å²) in [6, 6.07) is 13.2. The Morgan fingerprint density at radius 1 is 1.22 bits per heavy atom. The van der Waals surface area contributed by atoms with E-state index in [9.17, 15) is 9.18 Å². The summed E-state index contributed by atoms with van der Waals surface area (Å²) in [6.45, 7) is 1.89. The van der Waals surface area contributed by atoms with Crippen molar-refractivity contribution in [2.75, 3.05) is 0 Å². The number of hydrogen-bond donors (Lipinski definition) is 1. The van der Waals surface area contributed by atoms with E-state index in [-0.39, 0.29) is 11.7 Å². The van der Waals surface area contributed by atoms with Crippen LogP contribution in [0.2, 0.25) is 0 Å². The average molecular weight is 515 g/mol. The van der Waals surface area contributed by atoms with Gasteiger partial charge in [0.2, 0.25) is 6.21 Å². The number of aryl methyl sites for hydroxylation is 1. The molecular weight excluding hydrogens is 493 g/mol. The first-order valence-electron chi connectivity index (χ1n) is 11.7. The Morgan fingerprint density at radius 3 is 2.84 bits per heavy atom. The summed E-state index contributed by atoms with van der Waals surface area (Å²) in [7, 11) is 1.83. The lowest BCUT2D eigenvalue weighted by Gasteiger charge is -2.20. The monoisotopic (exact) mass is 514 g/mol. The van der Waals surface area contributed by atoms with Crippen molar-refractivity contribution in [3.05, 3.63) is 94.0 Å². The van der Waals surface area contributed by atoms with E-state index in [1.165, 1.54) is 16.7 Å². The van der Waals surface area contributed by atoms with Gasteiger partial charge >= 0.3 is 6.17 Å². The van der Waals surface area contributed by atoms with Gasteiger partial charge in [0.25, 0.3) is 5.56 Å². The molecule has 10 heteroatoms. The number of fused-ring (bicyclic) bond motifs is 2. The van der Waals surface area contributed by atoms with Crippen LogP contribution in [-0.2, 0) is 7.05 Å². The zero-order valence-corrected chi connectivity index (χ0v) is 20.8. The molecule has 37 heavy (non-hydrogen) atoms. The molecule has 2 atom stereocenters. The molecule has 0 saturated heterocycles. The lowest BCUT2D eigenvalue weighted by molar-refractivity contribution is -0.589. The number of hydrazone groups is 1. The number of pyridine rings is 1. The maximum atomic E-state index is 14.3. The molecule has 2 aliphatic heterocycles. The summed E-state index contributed by atoms with van der Waals surface area (Å²) < 4.78 is 19.3. The molecule has 4 aromatic rings. The van der Waals surface area contributed by atoms with Gasteiger partial charge in [0.05, 0.1) is 35.2 Å². The highest BCUT2D eigenvalue weighted by molar-refractivity contribution is 6.31. The number of nitrogens with one attached hydrogen (secondary N) is 1. The first-order chi connectivity index (χ1) is 17.9. The van der Waals surface area contributed by atoms with Crippen LogP contribution in [0.3, 0.4) is 0 Å². The third kappa shape index (κ3) is 4.07. The third-order valence-electron chi connectivity index (χ3n) is 6.42. The molecular formula is C27H22ClFN7O+. The van der Waals surface area contributed by atoms with Crippen molar-refractivity contribution in [1.82, 2.24) is 19.8 Å². The second-order valence-corrected chi connectivity index (χ2v) is 9.33. The molecule has 6 rings (SSSR count). The molecule has 1 unspecified atom stereocenters. The van der Waals surface area contributed by atoms with E-state index in [1.54, 1.807) is 46.2 Å². The molecule has 4 heterocycles. The number of rotatable bonds is 4. The zero-order valence-electron chi connectivity index (χ0n) is 20.0. The Hall–Kier alpha value is -4.37. The zero-order chi connectivity index (χ0) is 25.7. The normalized spacial score (nSPS) is 18.5. The van der Waals surface area contributed by atoms with Crippen LogP contribution in [0.5, 0.6) is 0 Å². The molecule has 8 nitrogen and oxygen atoms in total. The highest BCUT2D eigenvalue weighted by Crippen LogP contribution is 2.30. The molecule has 0 radical (unpaired) electrons. The van der Waals surface area contributed by atoms with Gasteiger partial charge in [-0.25, -0.2) is 9.38 Å². The Labute approximate surface area is 216 Å². The van der Waals surface area contributed by atoms with Gasteiger partial charge in [0, 0.05) is 24.9 Å². The topological polar surface area (TPSA) is 79.6 Å². The molecule has 2 aliphatic rings.